The van der Waals surface area contributed by atoms with Gasteiger partial charge in [0.05, 0.1) is 6.54 Å². The van der Waals surface area contributed by atoms with Crippen LogP contribution in [0.25, 0.3) is 0 Å². The molecule has 0 heterocycles. The molecule has 0 fully saturated rings. The van der Waals surface area contributed by atoms with E-state index in [2.05, 4.69) is 5.32 Å². The highest BCUT2D eigenvalue weighted by molar-refractivity contribution is 4.74. The fourth-order valence-electron chi connectivity index (χ4n) is 0.730. The van der Waals surface area contributed by atoms with Crippen LogP contribution in [0, 0.1) is 5.92 Å². The fourth-order valence-corrected chi connectivity index (χ4v) is 0.730. The van der Waals surface area contributed by atoms with Gasteiger partial charge in [-0.25, -0.2) is 8.78 Å². The van der Waals surface area contributed by atoms with E-state index in [1.54, 1.807) is 13.8 Å². The molecule has 86 valence electrons. The maximum absolute atomic E-state index is 12.4. The molecule has 2 nitrogen and oxygen atoms in total. The van der Waals surface area contributed by atoms with Crippen molar-refractivity contribution in [2.45, 2.75) is 32.2 Å². The first-order valence-electron chi connectivity index (χ1n) is 4.39. The van der Waals surface area contributed by atoms with E-state index in [-0.39, 0.29) is 18.5 Å². The summed E-state index contributed by atoms with van der Waals surface area (Å²) in [6.07, 6.45) is -3.62. The van der Waals surface area contributed by atoms with Crippen molar-refractivity contribution in [2.24, 2.45) is 11.7 Å². The normalized spacial score (nSPS) is 17.1. The summed E-state index contributed by atoms with van der Waals surface area (Å²) in [5.74, 6) is -3.99. The van der Waals surface area contributed by atoms with Gasteiger partial charge < -0.3 is 11.1 Å². The Bertz CT molecular complexity index is 161. The maximum atomic E-state index is 12.4. The van der Waals surface area contributed by atoms with E-state index < -0.39 is 18.9 Å². The van der Waals surface area contributed by atoms with E-state index in [0.29, 0.717) is 0 Å². The first-order valence-corrected chi connectivity index (χ1v) is 4.39. The number of alkyl halides is 4. The van der Waals surface area contributed by atoms with Crippen LogP contribution in [0.3, 0.4) is 0 Å². The zero-order valence-electron chi connectivity index (χ0n) is 8.24. The molecule has 0 saturated carbocycles. The second kappa shape index (κ2) is 5.50. The van der Waals surface area contributed by atoms with Gasteiger partial charge in [0.1, 0.15) is 0 Å². The first kappa shape index (κ1) is 13.6. The summed E-state index contributed by atoms with van der Waals surface area (Å²) in [7, 11) is 0. The first-order chi connectivity index (χ1) is 6.27. The third-order valence-electron chi connectivity index (χ3n) is 2.04. The Kier molecular flexibility index (Phi) is 5.36. The smallest absolute Gasteiger partial charge is 0.319 e. The molecule has 0 aromatic heterocycles. The molecule has 0 rings (SSSR count). The Hall–Kier alpha value is -0.360. The van der Waals surface area contributed by atoms with Crippen LogP contribution in [0.2, 0.25) is 0 Å². The number of nitrogens with two attached hydrogens (primary N) is 1. The molecule has 0 aliphatic carbocycles. The van der Waals surface area contributed by atoms with Gasteiger partial charge in [-0.15, -0.1) is 0 Å². The predicted octanol–water partition coefficient (Wildman–Crippen LogP) is 1.46. The lowest BCUT2D eigenvalue weighted by atomic mass is 10.1. The van der Waals surface area contributed by atoms with Gasteiger partial charge in [0.25, 0.3) is 0 Å². The van der Waals surface area contributed by atoms with E-state index in [0.717, 1.165) is 0 Å². The molecular weight excluding hydrogens is 200 g/mol. The molecule has 0 aliphatic heterocycles. The summed E-state index contributed by atoms with van der Waals surface area (Å²) < 4.78 is 48.1. The standard InChI is InChI=1S/C8H16F4N2/c1-5(6(2)13)3-14-4-8(11,12)7(9)10/h5-7,14H,3-4,13H2,1-2H3. The molecule has 14 heavy (non-hydrogen) atoms. The van der Waals surface area contributed by atoms with Crippen LogP contribution >= 0.6 is 0 Å². The van der Waals surface area contributed by atoms with Crippen LogP contribution < -0.4 is 11.1 Å². The van der Waals surface area contributed by atoms with Crippen LogP contribution in [0.4, 0.5) is 17.6 Å². The van der Waals surface area contributed by atoms with Crippen molar-refractivity contribution in [3.05, 3.63) is 0 Å². The molecule has 0 aliphatic rings. The van der Waals surface area contributed by atoms with E-state index in [4.69, 9.17) is 5.73 Å². The predicted molar refractivity (Wildman–Crippen MR) is 46.6 cm³/mol. The van der Waals surface area contributed by atoms with Crippen LogP contribution in [-0.2, 0) is 0 Å². The third kappa shape index (κ3) is 4.76. The highest BCUT2D eigenvalue weighted by Crippen LogP contribution is 2.21. The molecule has 3 N–H and O–H groups in total. The second-order valence-electron chi connectivity index (χ2n) is 3.53. The summed E-state index contributed by atoms with van der Waals surface area (Å²) in [4.78, 5) is 0. The van der Waals surface area contributed by atoms with Crippen molar-refractivity contribution in [3.63, 3.8) is 0 Å². The van der Waals surface area contributed by atoms with Crippen molar-refractivity contribution < 1.29 is 17.6 Å². The lowest BCUT2D eigenvalue weighted by molar-refractivity contribution is -0.125. The minimum Gasteiger partial charge on any atom is -0.328 e. The molecule has 0 radical (unpaired) electrons. The lowest BCUT2D eigenvalue weighted by Crippen LogP contribution is -2.42. The Morgan fingerprint density at radius 3 is 2.14 bits per heavy atom. The molecule has 2 atom stereocenters. The number of hydrogen-bond acceptors (Lipinski definition) is 2. The van der Waals surface area contributed by atoms with Gasteiger partial charge in [-0.2, -0.15) is 8.78 Å². The SMILES string of the molecule is CC(N)C(C)CNCC(F)(F)C(F)F. The zero-order valence-corrected chi connectivity index (χ0v) is 8.24. The molecule has 0 aromatic rings. The second-order valence-corrected chi connectivity index (χ2v) is 3.53. The van der Waals surface area contributed by atoms with Crippen molar-refractivity contribution in [1.29, 1.82) is 0 Å². The summed E-state index contributed by atoms with van der Waals surface area (Å²) in [5.41, 5.74) is 5.47. The van der Waals surface area contributed by atoms with Crippen LogP contribution in [0.1, 0.15) is 13.8 Å². The number of hydrogen-bond donors (Lipinski definition) is 2. The van der Waals surface area contributed by atoms with Gasteiger partial charge in [0.15, 0.2) is 0 Å². The fraction of sp³-hybridized carbons (Fsp3) is 1.00. The van der Waals surface area contributed by atoms with E-state index in [9.17, 15) is 17.6 Å². The quantitative estimate of drug-likeness (QED) is 0.660. The van der Waals surface area contributed by atoms with Gasteiger partial charge in [-0.05, 0) is 19.4 Å². The van der Waals surface area contributed by atoms with Crippen LogP contribution in [0.5, 0.6) is 0 Å². The van der Waals surface area contributed by atoms with Gasteiger partial charge >= 0.3 is 12.3 Å². The minimum absolute atomic E-state index is 0.0246. The Balaban J connectivity index is 3.74. The van der Waals surface area contributed by atoms with Gasteiger partial charge in [0.2, 0.25) is 0 Å². The third-order valence-corrected chi connectivity index (χ3v) is 2.04. The molecule has 2 unspecified atom stereocenters. The monoisotopic (exact) mass is 216 g/mol. The molecule has 0 bridgehead atoms. The molecule has 0 aromatic carbocycles. The van der Waals surface area contributed by atoms with Crippen molar-refractivity contribution in [3.8, 4) is 0 Å². The summed E-state index contributed by atoms with van der Waals surface area (Å²) in [6, 6.07) is -0.150. The van der Waals surface area contributed by atoms with Crippen molar-refractivity contribution in [1.82, 2.24) is 5.32 Å². The Morgan fingerprint density at radius 2 is 1.79 bits per heavy atom. The van der Waals surface area contributed by atoms with Crippen LogP contribution in [-0.4, -0.2) is 31.5 Å². The summed E-state index contributed by atoms with van der Waals surface area (Å²) in [6.45, 7) is 2.69. The highest BCUT2D eigenvalue weighted by atomic mass is 19.3. The van der Waals surface area contributed by atoms with E-state index in [1.165, 1.54) is 0 Å². The largest absolute Gasteiger partial charge is 0.328 e. The maximum Gasteiger partial charge on any atom is 0.319 e. The topological polar surface area (TPSA) is 38.0 Å². The average Bonchev–Trinajstić information content (AvgIpc) is 2.03. The van der Waals surface area contributed by atoms with Gasteiger partial charge in [-0.3, -0.25) is 0 Å². The molecule has 0 amide bonds. The molecular formula is C8H16F4N2. The summed E-state index contributed by atoms with van der Waals surface area (Å²) >= 11 is 0. The molecule has 0 spiro atoms. The highest BCUT2D eigenvalue weighted by Gasteiger charge is 2.40. The van der Waals surface area contributed by atoms with Crippen LogP contribution in [0.15, 0.2) is 0 Å². The van der Waals surface area contributed by atoms with Gasteiger partial charge in [0, 0.05) is 6.04 Å². The van der Waals surface area contributed by atoms with Crippen molar-refractivity contribution in [2.75, 3.05) is 13.1 Å². The summed E-state index contributed by atoms with van der Waals surface area (Å²) in [5, 5.41) is 2.28. The number of halogens is 4. The molecule has 0 saturated heterocycles. The number of nitrogens with one attached hydrogen (secondary N) is 1. The van der Waals surface area contributed by atoms with E-state index >= 15 is 0 Å². The lowest BCUT2D eigenvalue weighted by Gasteiger charge is -2.19. The van der Waals surface area contributed by atoms with Gasteiger partial charge in [-0.1, -0.05) is 6.92 Å². The minimum atomic E-state index is -3.96. The molecule has 6 heteroatoms. The average molecular weight is 216 g/mol. The van der Waals surface area contributed by atoms with E-state index in [1.807, 2.05) is 0 Å². The van der Waals surface area contributed by atoms with Crippen molar-refractivity contribution >= 4 is 0 Å². The Morgan fingerprint density at radius 1 is 1.29 bits per heavy atom. The number of rotatable bonds is 6. The zero-order chi connectivity index (χ0) is 11.4. The Labute approximate surface area is 80.8 Å².